The summed E-state index contributed by atoms with van der Waals surface area (Å²) in [5.41, 5.74) is 0.354. The lowest BCUT2D eigenvalue weighted by Gasteiger charge is -2.03. The monoisotopic (exact) mass is 197 g/mol. The number of halogens is 1. The number of nitriles is 1. The molecule has 1 atom stereocenters. The van der Waals surface area contributed by atoms with Gasteiger partial charge in [0.15, 0.2) is 0 Å². The van der Waals surface area contributed by atoms with Crippen molar-refractivity contribution in [2.45, 2.75) is 13.0 Å². The summed E-state index contributed by atoms with van der Waals surface area (Å²) in [6.07, 6.45) is 1.51. The number of aromatic amines is 1. The number of amides is 1. The Morgan fingerprint density at radius 1 is 1.85 bits per heavy atom. The van der Waals surface area contributed by atoms with Gasteiger partial charge in [-0.05, 0) is 13.0 Å². The smallest absolute Gasteiger partial charge is 0.268 e. The average molecular weight is 198 g/mol. The summed E-state index contributed by atoms with van der Waals surface area (Å²) in [6, 6.07) is 2.89. The van der Waals surface area contributed by atoms with Gasteiger partial charge < -0.3 is 10.3 Å². The van der Waals surface area contributed by atoms with E-state index in [0.717, 1.165) is 0 Å². The molecule has 0 aromatic carbocycles. The lowest BCUT2D eigenvalue weighted by Crippen LogP contribution is -2.31. The van der Waals surface area contributed by atoms with Crippen LogP contribution in [0.15, 0.2) is 12.3 Å². The van der Waals surface area contributed by atoms with E-state index in [4.69, 9.17) is 16.9 Å². The van der Waals surface area contributed by atoms with Gasteiger partial charge in [-0.3, -0.25) is 4.79 Å². The molecule has 0 bridgehead atoms. The molecular weight excluding hydrogens is 190 g/mol. The minimum atomic E-state index is -0.505. The summed E-state index contributed by atoms with van der Waals surface area (Å²) < 4.78 is 0. The van der Waals surface area contributed by atoms with E-state index >= 15 is 0 Å². The molecule has 2 N–H and O–H groups in total. The lowest BCUT2D eigenvalue weighted by atomic mass is 10.3. The Labute approximate surface area is 80.5 Å². The van der Waals surface area contributed by atoms with Gasteiger partial charge in [0, 0.05) is 6.20 Å². The topological polar surface area (TPSA) is 68.7 Å². The fourth-order valence-electron chi connectivity index (χ4n) is 0.806. The van der Waals surface area contributed by atoms with Crippen molar-refractivity contribution in [2.24, 2.45) is 0 Å². The molecule has 1 heterocycles. The van der Waals surface area contributed by atoms with Crippen LogP contribution < -0.4 is 5.32 Å². The molecule has 0 saturated carbocycles. The molecule has 0 aliphatic carbocycles. The SMILES string of the molecule is C[C@H](C#N)NC(=O)c1cc(Cl)c[nH]1. The van der Waals surface area contributed by atoms with Crippen LogP contribution >= 0.6 is 11.6 Å². The molecule has 0 unspecified atom stereocenters. The molecule has 13 heavy (non-hydrogen) atoms. The quantitative estimate of drug-likeness (QED) is 0.751. The molecule has 1 rings (SSSR count). The van der Waals surface area contributed by atoms with Crippen LogP contribution in [-0.4, -0.2) is 16.9 Å². The number of hydrogen-bond donors (Lipinski definition) is 2. The van der Waals surface area contributed by atoms with Crippen molar-refractivity contribution < 1.29 is 4.79 Å². The van der Waals surface area contributed by atoms with Crippen LogP contribution in [0.25, 0.3) is 0 Å². The second-order valence-electron chi connectivity index (χ2n) is 2.56. The number of carbonyl (C=O) groups is 1. The van der Waals surface area contributed by atoms with E-state index in [9.17, 15) is 4.79 Å². The van der Waals surface area contributed by atoms with Crippen LogP contribution in [0.3, 0.4) is 0 Å². The molecule has 5 heteroatoms. The number of nitrogens with one attached hydrogen (secondary N) is 2. The first-order valence-electron chi connectivity index (χ1n) is 3.68. The minimum absolute atomic E-state index is 0.332. The molecule has 4 nitrogen and oxygen atoms in total. The fourth-order valence-corrected chi connectivity index (χ4v) is 0.969. The highest BCUT2D eigenvalue weighted by atomic mass is 35.5. The van der Waals surface area contributed by atoms with E-state index in [2.05, 4.69) is 10.3 Å². The summed E-state index contributed by atoms with van der Waals surface area (Å²) in [6.45, 7) is 1.60. The Morgan fingerprint density at radius 2 is 2.54 bits per heavy atom. The summed E-state index contributed by atoms with van der Waals surface area (Å²) in [5.74, 6) is -0.332. The third-order valence-electron chi connectivity index (χ3n) is 1.43. The Balaban J connectivity index is 2.65. The summed E-state index contributed by atoms with van der Waals surface area (Å²) in [7, 11) is 0. The standard InChI is InChI=1S/C8H8ClN3O/c1-5(3-10)12-8(13)7-2-6(9)4-11-7/h2,4-5,11H,1H3,(H,12,13)/t5-/m1/s1. The fraction of sp³-hybridized carbons (Fsp3) is 0.250. The van der Waals surface area contributed by atoms with Crippen LogP contribution in [0.5, 0.6) is 0 Å². The maximum atomic E-state index is 11.3. The predicted octanol–water partition coefficient (Wildman–Crippen LogP) is 1.31. The molecule has 68 valence electrons. The Morgan fingerprint density at radius 3 is 3.00 bits per heavy atom. The molecule has 1 aromatic heterocycles. The highest BCUT2D eigenvalue weighted by Crippen LogP contribution is 2.09. The second-order valence-corrected chi connectivity index (χ2v) is 2.99. The van der Waals surface area contributed by atoms with Crippen LogP contribution in [0, 0.1) is 11.3 Å². The number of rotatable bonds is 2. The first kappa shape index (κ1) is 9.62. The maximum Gasteiger partial charge on any atom is 0.268 e. The first-order chi connectivity index (χ1) is 6.13. The molecule has 0 aliphatic rings. The normalized spacial score (nSPS) is 11.8. The summed E-state index contributed by atoms with van der Waals surface area (Å²) in [4.78, 5) is 14.0. The van der Waals surface area contributed by atoms with E-state index in [-0.39, 0.29) is 5.91 Å². The first-order valence-corrected chi connectivity index (χ1v) is 4.05. The second kappa shape index (κ2) is 3.97. The zero-order valence-corrected chi connectivity index (χ0v) is 7.72. The van der Waals surface area contributed by atoms with Crippen molar-refractivity contribution in [3.05, 3.63) is 23.0 Å². The molecule has 0 spiro atoms. The molecule has 0 radical (unpaired) electrons. The van der Waals surface area contributed by atoms with Gasteiger partial charge in [-0.25, -0.2) is 0 Å². The van der Waals surface area contributed by atoms with Crippen LogP contribution in [-0.2, 0) is 0 Å². The van der Waals surface area contributed by atoms with E-state index in [1.807, 2.05) is 6.07 Å². The Kier molecular flexibility index (Phi) is 2.93. The van der Waals surface area contributed by atoms with Gasteiger partial charge in [-0.2, -0.15) is 5.26 Å². The number of H-pyrrole nitrogens is 1. The molecule has 0 fully saturated rings. The number of carbonyl (C=O) groups excluding carboxylic acids is 1. The van der Waals surface area contributed by atoms with Crippen LogP contribution in [0.2, 0.25) is 5.02 Å². The van der Waals surface area contributed by atoms with Crippen molar-refractivity contribution in [3.63, 3.8) is 0 Å². The average Bonchev–Trinajstić information content (AvgIpc) is 2.51. The molecule has 1 amide bonds. The van der Waals surface area contributed by atoms with Crippen molar-refractivity contribution in [1.29, 1.82) is 5.26 Å². The van der Waals surface area contributed by atoms with Gasteiger partial charge in [-0.15, -0.1) is 0 Å². The van der Waals surface area contributed by atoms with Crippen molar-refractivity contribution in [3.8, 4) is 6.07 Å². The minimum Gasteiger partial charge on any atom is -0.356 e. The molecular formula is C8H8ClN3O. The van der Waals surface area contributed by atoms with Crippen molar-refractivity contribution >= 4 is 17.5 Å². The predicted molar refractivity (Wildman–Crippen MR) is 48.3 cm³/mol. The van der Waals surface area contributed by atoms with Gasteiger partial charge in [0.05, 0.1) is 11.1 Å². The third kappa shape index (κ3) is 2.49. The van der Waals surface area contributed by atoms with Crippen LogP contribution in [0.1, 0.15) is 17.4 Å². The van der Waals surface area contributed by atoms with Crippen molar-refractivity contribution in [1.82, 2.24) is 10.3 Å². The lowest BCUT2D eigenvalue weighted by molar-refractivity contribution is 0.0943. The molecule has 0 saturated heterocycles. The number of aromatic nitrogens is 1. The third-order valence-corrected chi connectivity index (χ3v) is 1.65. The maximum absolute atomic E-state index is 11.3. The van der Waals surface area contributed by atoms with Gasteiger partial charge >= 0.3 is 0 Å². The van der Waals surface area contributed by atoms with E-state index in [0.29, 0.717) is 10.7 Å². The Bertz CT molecular complexity index is 353. The highest BCUT2D eigenvalue weighted by molar-refractivity contribution is 6.30. The summed E-state index contributed by atoms with van der Waals surface area (Å²) >= 11 is 5.60. The highest BCUT2D eigenvalue weighted by Gasteiger charge is 2.09. The summed E-state index contributed by atoms with van der Waals surface area (Å²) in [5, 5.41) is 11.4. The van der Waals surface area contributed by atoms with E-state index in [1.165, 1.54) is 12.3 Å². The largest absolute Gasteiger partial charge is 0.356 e. The number of nitrogens with zero attached hydrogens (tertiary/aromatic N) is 1. The van der Waals surface area contributed by atoms with Gasteiger partial charge in [0.25, 0.3) is 5.91 Å². The zero-order valence-electron chi connectivity index (χ0n) is 6.97. The number of hydrogen-bond acceptors (Lipinski definition) is 2. The molecule has 1 aromatic rings. The van der Waals surface area contributed by atoms with Crippen LogP contribution in [0.4, 0.5) is 0 Å². The zero-order chi connectivity index (χ0) is 9.84. The van der Waals surface area contributed by atoms with Crippen molar-refractivity contribution in [2.75, 3.05) is 0 Å². The molecule has 0 aliphatic heterocycles. The Hall–Kier alpha value is -1.47. The van der Waals surface area contributed by atoms with E-state index < -0.39 is 6.04 Å². The van der Waals surface area contributed by atoms with Gasteiger partial charge in [0.2, 0.25) is 0 Å². The van der Waals surface area contributed by atoms with E-state index in [1.54, 1.807) is 6.92 Å². The van der Waals surface area contributed by atoms with Gasteiger partial charge in [-0.1, -0.05) is 11.6 Å². The van der Waals surface area contributed by atoms with Gasteiger partial charge in [0.1, 0.15) is 11.7 Å².